The van der Waals surface area contributed by atoms with Crippen LogP contribution in [0.1, 0.15) is 10.4 Å². The van der Waals surface area contributed by atoms with E-state index in [4.69, 9.17) is 10.9 Å². The van der Waals surface area contributed by atoms with E-state index in [2.05, 4.69) is 15.6 Å². The van der Waals surface area contributed by atoms with Crippen LogP contribution in [0.4, 0.5) is 11.4 Å². The van der Waals surface area contributed by atoms with E-state index < -0.39 is 17.1 Å². The first-order valence-corrected chi connectivity index (χ1v) is 10.8. The molecular formula is C23H19N7O2S. The van der Waals surface area contributed by atoms with Crippen molar-refractivity contribution in [2.75, 3.05) is 10.0 Å². The molecule has 2 amide bonds. The summed E-state index contributed by atoms with van der Waals surface area (Å²) >= 11 is 0.845. The molecule has 164 valence electrons. The van der Waals surface area contributed by atoms with Gasteiger partial charge >= 0.3 is 0 Å². The van der Waals surface area contributed by atoms with E-state index in [9.17, 15) is 9.59 Å². The van der Waals surface area contributed by atoms with Crippen LogP contribution in [0.2, 0.25) is 0 Å². The predicted octanol–water partition coefficient (Wildman–Crippen LogP) is 4.27. The van der Waals surface area contributed by atoms with Crippen LogP contribution < -0.4 is 15.3 Å². The van der Waals surface area contributed by atoms with E-state index in [0.29, 0.717) is 16.9 Å². The van der Waals surface area contributed by atoms with Gasteiger partial charge in [-0.1, -0.05) is 71.6 Å². The number of anilines is 2. The quantitative estimate of drug-likeness (QED) is 0.229. The summed E-state index contributed by atoms with van der Waals surface area (Å²) in [6.07, 6.45) is 0. The van der Waals surface area contributed by atoms with E-state index in [-0.39, 0.29) is 11.0 Å². The summed E-state index contributed by atoms with van der Waals surface area (Å²) in [6, 6.07) is 26.1. The molecule has 0 aliphatic carbocycles. The third kappa shape index (κ3) is 4.80. The molecule has 3 aromatic rings. The first kappa shape index (κ1) is 21.9. The highest BCUT2D eigenvalue weighted by molar-refractivity contribution is 8.15. The molecule has 0 fully saturated rings. The standard InChI is InChI=1S/C23H19N7O2S/c24-23(30(28-25)18-14-8-3-9-15-18)33-19-20(26-21(31)16-10-4-1-5-11-16)27-29(22(19)32)17-12-6-2-7-13-17/h1-15,19,24-25H,(H,26,27,31). The Bertz CT molecular complexity index is 1200. The van der Waals surface area contributed by atoms with Crippen molar-refractivity contribution in [3.8, 4) is 0 Å². The molecule has 9 nitrogen and oxygen atoms in total. The number of rotatable bonds is 5. The fourth-order valence-corrected chi connectivity index (χ4v) is 4.01. The fraction of sp³-hybridized carbons (Fsp3) is 0.0435. The number of thioether (sulfide) groups is 1. The van der Waals surface area contributed by atoms with Crippen LogP contribution in [-0.4, -0.2) is 28.1 Å². The average Bonchev–Trinajstić information content (AvgIpc) is 3.16. The number of benzene rings is 3. The van der Waals surface area contributed by atoms with E-state index in [1.54, 1.807) is 78.9 Å². The number of hydrogen-bond acceptors (Lipinski definition) is 7. The second kappa shape index (κ2) is 9.88. The number of hydrogen-bond donors (Lipinski definition) is 3. The van der Waals surface area contributed by atoms with Crippen molar-refractivity contribution in [2.24, 2.45) is 10.3 Å². The third-order valence-corrected chi connectivity index (χ3v) is 5.75. The molecule has 33 heavy (non-hydrogen) atoms. The second-order valence-corrected chi connectivity index (χ2v) is 7.94. The zero-order valence-electron chi connectivity index (χ0n) is 17.3. The number of para-hydroxylation sites is 2. The van der Waals surface area contributed by atoms with Crippen molar-refractivity contribution in [3.05, 3.63) is 96.6 Å². The number of nitrogens with zero attached hydrogens (tertiary/aromatic N) is 4. The van der Waals surface area contributed by atoms with Crippen molar-refractivity contribution in [3.63, 3.8) is 0 Å². The lowest BCUT2D eigenvalue weighted by Gasteiger charge is -2.20. The number of nitrogens with one attached hydrogen (secondary N) is 3. The molecule has 0 saturated heterocycles. The van der Waals surface area contributed by atoms with Crippen molar-refractivity contribution < 1.29 is 9.59 Å². The van der Waals surface area contributed by atoms with Crippen LogP contribution >= 0.6 is 11.8 Å². The summed E-state index contributed by atoms with van der Waals surface area (Å²) < 4.78 is 0. The van der Waals surface area contributed by atoms with Gasteiger partial charge in [-0.15, -0.1) is 5.10 Å². The normalized spacial score (nSPS) is 15.0. The first-order valence-electron chi connectivity index (χ1n) is 9.90. The Morgan fingerprint density at radius 3 is 2.15 bits per heavy atom. The highest BCUT2D eigenvalue weighted by atomic mass is 32.2. The minimum absolute atomic E-state index is 0.102. The molecule has 0 bridgehead atoms. The van der Waals surface area contributed by atoms with E-state index >= 15 is 0 Å². The lowest BCUT2D eigenvalue weighted by atomic mass is 10.2. The van der Waals surface area contributed by atoms with Gasteiger partial charge in [0.25, 0.3) is 11.8 Å². The van der Waals surface area contributed by atoms with Gasteiger partial charge in [0.1, 0.15) is 0 Å². The highest BCUT2D eigenvalue weighted by Crippen LogP contribution is 2.29. The van der Waals surface area contributed by atoms with Crippen LogP contribution in [0.15, 0.2) is 101 Å². The number of carbonyl (C=O) groups excluding carboxylic acids is 2. The first-order chi connectivity index (χ1) is 16.1. The average molecular weight is 458 g/mol. The molecule has 1 unspecified atom stereocenters. The van der Waals surface area contributed by atoms with Crippen LogP contribution in [0.5, 0.6) is 0 Å². The Kier molecular flexibility index (Phi) is 6.56. The lowest BCUT2D eigenvalue weighted by Crippen LogP contribution is -2.40. The maximum absolute atomic E-state index is 13.3. The Balaban J connectivity index is 1.61. The Morgan fingerprint density at radius 2 is 1.55 bits per heavy atom. The number of carbonyl (C=O) groups is 2. The Morgan fingerprint density at radius 1 is 0.970 bits per heavy atom. The molecule has 10 heteroatoms. The molecule has 0 radical (unpaired) electrons. The van der Waals surface area contributed by atoms with E-state index in [1.807, 2.05) is 12.1 Å². The largest absolute Gasteiger partial charge is 0.307 e. The van der Waals surface area contributed by atoms with Crippen LogP contribution in [0, 0.1) is 10.9 Å². The van der Waals surface area contributed by atoms with Gasteiger partial charge < -0.3 is 5.32 Å². The van der Waals surface area contributed by atoms with E-state index in [0.717, 1.165) is 16.8 Å². The van der Waals surface area contributed by atoms with Crippen molar-refractivity contribution in [1.29, 1.82) is 10.9 Å². The SMILES string of the molecule is N=NN(C(=N)SC1C(=O)N(c2ccccc2)N=C1NC(=O)c1ccccc1)c1ccccc1. The maximum Gasteiger partial charge on any atom is 0.268 e. The maximum atomic E-state index is 13.3. The van der Waals surface area contributed by atoms with Gasteiger partial charge in [0.2, 0.25) is 0 Å². The molecule has 0 spiro atoms. The summed E-state index contributed by atoms with van der Waals surface area (Å²) in [5.74, 6) is -0.734. The van der Waals surface area contributed by atoms with Gasteiger partial charge in [0.15, 0.2) is 16.3 Å². The zero-order chi connectivity index (χ0) is 23.2. The minimum Gasteiger partial charge on any atom is -0.307 e. The number of amides is 2. The molecule has 0 saturated carbocycles. The summed E-state index contributed by atoms with van der Waals surface area (Å²) in [4.78, 5) is 26.0. The molecule has 1 atom stereocenters. The second-order valence-electron chi connectivity index (χ2n) is 6.84. The van der Waals surface area contributed by atoms with Gasteiger partial charge in [0.05, 0.1) is 11.4 Å². The Hall–Kier alpha value is -4.31. The molecule has 1 heterocycles. The number of amidine groups is 2. The van der Waals surface area contributed by atoms with Gasteiger partial charge in [-0.3, -0.25) is 15.0 Å². The predicted molar refractivity (Wildman–Crippen MR) is 128 cm³/mol. The minimum atomic E-state index is -1.00. The molecular weight excluding hydrogens is 438 g/mol. The molecule has 4 rings (SSSR count). The lowest BCUT2D eigenvalue weighted by molar-refractivity contribution is -0.116. The van der Waals surface area contributed by atoms with Crippen molar-refractivity contribution in [2.45, 2.75) is 5.25 Å². The highest BCUT2D eigenvalue weighted by Gasteiger charge is 2.40. The third-order valence-electron chi connectivity index (χ3n) is 4.69. The number of hydrazone groups is 1. The summed E-state index contributed by atoms with van der Waals surface area (Å²) in [7, 11) is 0. The van der Waals surface area contributed by atoms with Crippen molar-refractivity contribution in [1.82, 2.24) is 5.32 Å². The summed E-state index contributed by atoms with van der Waals surface area (Å²) in [5.41, 5.74) is 8.95. The molecule has 0 aromatic heterocycles. The Labute approximate surface area is 194 Å². The summed E-state index contributed by atoms with van der Waals surface area (Å²) in [6.45, 7) is 0. The van der Waals surface area contributed by atoms with Crippen LogP contribution in [0.25, 0.3) is 0 Å². The zero-order valence-corrected chi connectivity index (χ0v) is 18.1. The smallest absolute Gasteiger partial charge is 0.268 e. The molecule has 1 aliphatic heterocycles. The monoisotopic (exact) mass is 457 g/mol. The van der Waals surface area contributed by atoms with Crippen LogP contribution in [0.3, 0.4) is 0 Å². The fourth-order valence-electron chi connectivity index (χ4n) is 3.12. The molecule has 1 aliphatic rings. The van der Waals surface area contributed by atoms with Gasteiger partial charge in [-0.2, -0.15) is 15.5 Å². The molecule has 3 N–H and O–H groups in total. The van der Waals surface area contributed by atoms with Gasteiger partial charge in [0, 0.05) is 5.56 Å². The van der Waals surface area contributed by atoms with Crippen LogP contribution in [-0.2, 0) is 4.79 Å². The van der Waals surface area contributed by atoms with Gasteiger partial charge in [-0.25, -0.2) is 0 Å². The van der Waals surface area contributed by atoms with E-state index in [1.165, 1.54) is 5.01 Å². The topological polar surface area (TPSA) is 125 Å². The van der Waals surface area contributed by atoms with Gasteiger partial charge in [-0.05, 0) is 36.4 Å². The summed E-state index contributed by atoms with van der Waals surface area (Å²) in [5, 5.41) is 20.1. The van der Waals surface area contributed by atoms with Crippen molar-refractivity contribution >= 4 is 46.0 Å². The molecule has 3 aromatic carbocycles.